The molecule has 102 valence electrons. The fourth-order valence-corrected chi connectivity index (χ4v) is 3.32. The van der Waals surface area contributed by atoms with Crippen LogP contribution in [0.4, 0.5) is 0 Å². The third-order valence-corrected chi connectivity index (χ3v) is 4.75. The molecular weight excluding hydrogens is 252 g/mol. The highest BCUT2D eigenvalue weighted by molar-refractivity contribution is 7.11. The highest BCUT2D eigenvalue weighted by Gasteiger charge is 2.25. The van der Waals surface area contributed by atoms with Crippen molar-refractivity contribution in [2.24, 2.45) is 5.73 Å². The second-order valence-corrected chi connectivity index (χ2v) is 6.59. The average Bonchev–Trinajstić information content (AvgIpc) is 2.69. The first-order chi connectivity index (χ1) is 9.02. The fourth-order valence-electron chi connectivity index (χ4n) is 2.23. The lowest BCUT2D eigenvalue weighted by Crippen LogP contribution is -2.43. The molecule has 1 aromatic heterocycles. The maximum Gasteiger partial charge on any atom is 0.0949 e. The van der Waals surface area contributed by atoms with Crippen LogP contribution in [0.15, 0.2) is 30.3 Å². The van der Waals surface area contributed by atoms with Crippen molar-refractivity contribution < 1.29 is 0 Å². The number of aromatic nitrogens is 1. The molecule has 0 bridgehead atoms. The van der Waals surface area contributed by atoms with Gasteiger partial charge >= 0.3 is 0 Å². The largest absolute Gasteiger partial charge is 0.324 e. The van der Waals surface area contributed by atoms with Crippen molar-refractivity contribution in [1.82, 2.24) is 4.98 Å². The van der Waals surface area contributed by atoms with E-state index in [0.29, 0.717) is 0 Å². The molecule has 2 N–H and O–H groups in total. The van der Waals surface area contributed by atoms with Crippen LogP contribution in [0.25, 0.3) is 0 Å². The van der Waals surface area contributed by atoms with Crippen molar-refractivity contribution in [3.63, 3.8) is 0 Å². The van der Waals surface area contributed by atoms with Crippen LogP contribution >= 0.6 is 11.3 Å². The van der Waals surface area contributed by atoms with Gasteiger partial charge in [-0.15, -0.1) is 11.3 Å². The zero-order valence-electron chi connectivity index (χ0n) is 11.9. The number of thiazole rings is 1. The number of hydrogen-bond donors (Lipinski definition) is 1. The zero-order chi connectivity index (χ0) is 13.9. The summed E-state index contributed by atoms with van der Waals surface area (Å²) >= 11 is 1.78. The summed E-state index contributed by atoms with van der Waals surface area (Å²) in [7, 11) is 0. The van der Waals surface area contributed by atoms with Gasteiger partial charge in [-0.25, -0.2) is 4.98 Å². The Morgan fingerprint density at radius 3 is 2.37 bits per heavy atom. The first-order valence-electron chi connectivity index (χ1n) is 6.78. The highest BCUT2D eigenvalue weighted by atomic mass is 32.1. The fraction of sp³-hybridized carbons (Fsp3) is 0.438. The molecule has 2 rings (SSSR count). The van der Waals surface area contributed by atoms with Gasteiger partial charge in [0.25, 0.3) is 0 Å². The number of aryl methyl sites for hydroxylation is 2. The van der Waals surface area contributed by atoms with Crippen LogP contribution < -0.4 is 5.73 Å². The van der Waals surface area contributed by atoms with Crippen LogP contribution in [0.1, 0.15) is 34.5 Å². The number of nitrogens with zero attached hydrogens (tertiary/aromatic N) is 1. The summed E-state index contributed by atoms with van der Waals surface area (Å²) in [6.45, 7) is 6.35. The van der Waals surface area contributed by atoms with E-state index in [1.165, 1.54) is 10.4 Å². The second-order valence-electron chi connectivity index (χ2n) is 5.30. The highest BCUT2D eigenvalue weighted by Crippen LogP contribution is 2.24. The molecule has 0 aliphatic rings. The van der Waals surface area contributed by atoms with Crippen molar-refractivity contribution in [3.8, 4) is 0 Å². The van der Waals surface area contributed by atoms with Crippen molar-refractivity contribution in [3.05, 3.63) is 51.5 Å². The molecule has 1 atom stereocenters. The summed E-state index contributed by atoms with van der Waals surface area (Å²) in [5.41, 5.74) is 8.83. The lowest BCUT2D eigenvalue weighted by molar-refractivity contribution is 0.403. The van der Waals surface area contributed by atoms with Crippen molar-refractivity contribution in [2.75, 3.05) is 0 Å². The molecule has 1 heterocycles. The van der Waals surface area contributed by atoms with Crippen LogP contribution in [0, 0.1) is 13.8 Å². The summed E-state index contributed by atoms with van der Waals surface area (Å²) < 4.78 is 0. The SMILES string of the molecule is CCC(N)(Cc1ccccc1)Cc1nc(C)c(C)s1. The van der Waals surface area contributed by atoms with E-state index < -0.39 is 0 Å². The van der Waals surface area contributed by atoms with E-state index in [-0.39, 0.29) is 5.54 Å². The van der Waals surface area contributed by atoms with E-state index in [0.717, 1.165) is 30.0 Å². The quantitative estimate of drug-likeness (QED) is 0.904. The summed E-state index contributed by atoms with van der Waals surface area (Å²) in [5.74, 6) is 0. The first kappa shape index (κ1) is 14.2. The summed E-state index contributed by atoms with van der Waals surface area (Å²) in [6.07, 6.45) is 2.72. The molecule has 3 heteroatoms. The zero-order valence-corrected chi connectivity index (χ0v) is 12.8. The van der Waals surface area contributed by atoms with Gasteiger partial charge in [-0.3, -0.25) is 0 Å². The van der Waals surface area contributed by atoms with Crippen molar-refractivity contribution >= 4 is 11.3 Å². The average molecular weight is 274 g/mol. The number of benzene rings is 1. The second kappa shape index (κ2) is 5.85. The first-order valence-corrected chi connectivity index (χ1v) is 7.60. The molecule has 0 amide bonds. The van der Waals surface area contributed by atoms with Crippen LogP contribution in [-0.2, 0) is 12.8 Å². The Kier molecular flexibility index (Phi) is 4.38. The molecule has 0 fully saturated rings. The number of nitrogens with two attached hydrogens (primary N) is 1. The monoisotopic (exact) mass is 274 g/mol. The Morgan fingerprint density at radius 1 is 1.16 bits per heavy atom. The van der Waals surface area contributed by atoms with Crippen LogP contribution in [-0.4, -0.2) is 10.5 Å². The van der Waals surface area contributed by atoms with Gasteiger partial charge in [0.05, 0.1) is 10.7 Å². The van der Waals surface area contributed by atoms with E-state index in [9.17, 15) is 0 Å². The third-order valence-electron chi connectivity index (χ3n) is 3.68. The van der Waals surface area contributed by atoms with Crippen LogP contribution in [0.2, 0.25) is 0 Å². The molecule has 0 spiro atoms. The predicted octanol–water partition coefficient (Wildman–Crippen LogP) is 3.65. The minimum absolute atomic E-state index is 0.196. The van der Waals surface area contributed by atoms with Gasteiger partial charge in [-0.05, 0) is 32.3 Å². The van der Waals surface area contributed by atoms with Crippen molar-refractivity contribution in [2.45, 2.75) is 45.6 Å². The number of hydrogen-bond acceptors (Lipinski definition) is 3. The minimum atomic E-state index is -0.196. The maximum atomic E-state index is 6.59. The van der Waals surface area contributed by atoms with E-state index >= 15 is 0 Å². The topological polar surface area (TPSA) is 38.9 Å². The molecule has 0 aliphatic heterocycles. The van der Waals surface area contributed by atoms with E-state index in [1.54, 1.807) is 11.3 Å². The molecule has 19 heavy (non-hydrogen) atoms. The Bertz CT molecular complexity index is 513. The summed E-state index contributed by atoms with van der Waals surface area (Å²) in [5, 5.41) is 1.16. The molecule has 0 saturated heterocycles. The molecule has 0 aliphatic carbocycles. The van der Waals surface area contributed by atoms with Crippen molar-refractivity contribution in [1.29, 1.82) is 0 Å². The van der Waals surface area contributed by atoms with Gasteiger partial charge in [0.2, 0.25) is 0 Å². The Labute approximate surface area is 119 Å². The normalized spacial score (nSPS) is 14.3. The third kappa shape index (κ3) is 3.64. The van der Waals surface area contributed by atoms with Gasteiger partial charge in [0, 0.05) is 16.8 Å². The van der Waals surface area contributed by atoms with Gasteiger partial charge < -0.3 is 5.73 Å². The maximum absolute atomic E-state index is 6.59. The minimum Gasteiger partial charge on any atom is -0.324 e. The summed E-state index contributed by atoms with van der Waals surface area (Å²) in [4.78, 5) is 5.92. The summed E-state index contributed by atoms with van der Waals surface area (Å²) in [6, 6.07) is 10.5. The Hall–Kier alpha value is -1.19. The predicted molar refractivity (Wildman–Crippen MR) is 82.6 cm³/mol. The van der Waals surface area contributed by atoms with Gasteiger partial charge in [-0.2, -0.15) is 0 Å². The lowest BCUT2D eigenvalue weighted by atomic mass is 9.86. The van der Waals surface area contributed by atoms with E-state index in [1.807, 2.05) is 6.07 Å². The Balaban J connectivity index is 2.13. The van der Waals surface area contributed by atoms with E-state index in [4.69, 9.17) is 5.73 Å². The number of rotatable bonds is 5. The molecule has 0 saturated carbocycles. The van der Waals surface area contributed by atoms with Gasteiger partial charge in [-0.1, -0.05) is 37.3 Å². The van der Waals surface area contributed by atoms with Crippen LogP contribution in [0.3, 0.4) is 0 Å². The van der Waals surface area contributed by atoms with Crippen LogP contribution in [0.5, 0.6) is 0 Å². The smallest absolute Gasteiger partial charge is 0.0949 e. The van der Waals surface area contributed by atoms with Gasteiger partial charge in [0.1, 0.15) is 0 Å². The molecule has 1 unspecified atom stereocenters. The Morgan fingerprint density at radius 2 is 1.84 bits per heavy atom. The van der Waals surface area contributed by atoms with Gasteiger partial charge in [0.15, 0.2) is 0 Å². The molecule has 1 aromatic carbocycles. The molecule has 2 nitrogen and oxygen atoms in total. The lowest BCUT2D eigenvalue weighted by Gasteiger charge is -2.27. The molecule has 0 radical (unpaired) electrons. The van der Waals surface area contributed by atoms with E-state index in [2.05, 4.69) is 50.0 Å². The standard InChI is InChI=1S/C16H22N2S/c1-4-16(17,10-14-8-6-5-7-9-14)11-15-18-12(2)13(3)19-15/h5-9H,4,10-11,17H2,1-3H3. The molecular formula is C16H22N2S. The molecule has 2 aromatic rings.